The summed E-state index contributed by atoms with van der Waals surface area (Å²) in [5.74, 6) is -1.11. The first-order valence-corrected chi connectivity index (χ1v) is 13.2. The van der Waals surface area contributed by atoms with Crippen LogP contribution < -0.4 is 0 Å². The summed E-state index contributed by atoms with van der Waals surface area (Å²) in [5, 5.41) is 4.68. The van der Waals surface area contributed by atoms with Crippen molar-refractivity contribution in [2.24, 2.45) is 11.8 Å². The van der Waals surface area contributed by atoms with Gasteiger partial charge in [-0.05, 0) is 49.1 Å². The van der Waals surface area contributed by atoms with Crippen molar-refractivity contribution in [3.8, 4) is 16.9 Å². The van der Waals surface area contributed by atoms with E-state index in [1.807, 2.05) is 78.4 Å². The van der Waals surface area contributed by atoms with Gasteiger partial charge in [0.1, 0.15) is 0 Å². The lowest BCUT2D eigenvalue weighted by molar-refractivity contribution is -0.139. The van der Waals surface area contributed by atoms with Crippen molar-refractivity contribution in [1.29, 1.82) is 0 Å². The van der Waals surface area contributed by atoms with Gasteiger partial charge in [-0.1, -0.05) is 67.6 Å². The van der Waals surface area contributed by atoms with E-state index in [2.05, 4.69) is 24.2 Å². The third kappa shape index (κ3) is 4.72. The molecule has 2 unspecified atom stereocenters. The molecule has 1 aliphatic heterocycles. The number of aromatic nitrogens is 2. The van der Waals surface area contributed by atoms with Gasteiger partial charge in [-0.25, -0.2) is 4.68 Å². The Bertz CT molecular complexity index is 1390. The van der Waals surface area contributed by atoms with Crippen LogP contribution in [0.15, 0.2) is 78.9 Å². The van der Waals surface area contributed by atoms with Crippen LogP contribution in [-0.4, -0.2) is 57.4 Å². The SMILES string of the molecule is CCc1ccc(-n2nc(C(=O)N(C)CC)cc2-c2ccc(CCN3C(=O)C4C=CC=CC4C3=O)cc2)cc1. The van der Waals surface area contributed by atoms with Gasteiger partial charge in [0.25, 0.3) is 5.91 Å². The van der Waals surface area contributed by atoms with Crippen LogP contribution in [-0.2, 0) is 22.4 Å². The number of benzene rings is 2. The van der Waals surface area contributed by atoms with Crippen LogP contribution in [0.4, 0.5) is 0 Å². The van der Waals surface area contributed by atoms with Crippen molar-refractivity contribution in [3.63, 3.8) is 0 Å². The minimum absolute atomic E-state index is 0.121. The molecule has 1 fully saturated rings. The second-order valence-electron chi connectivity index (χ2n) is 9.76. The van der Waals surface area contributed by atoms with Gasteiger partial charge in [-0.3, -0.25) is 19.3 Å². The molecule has 7 nitrogen and oxygen atoms in total. The van der Waals surface area contributed by atoms with Crippen LogP contribution in [0.3, 0.4) is 0 Å². The van der Waals surface area contributed by atoms with E-state index >= 15 is 0 Å². The summed E-state index contributed by atoms with van der Waals surface area (Å²) in [7, 11) is 1.77. The number of rotatable bonds is 8. The maximum absolute atomic E-state index is 12.9. The van der Waals surface area contributed by atoms with Gasteiger partial charge in [-0.2, -0.15) is 5.10 Å². The molecule has 5 rings (SSSR count). The second-order valence-corrected chi connectivity index (χ2v) is 9.76. The van der Waals surface area contributed by atoms with E-state index in [4.69, 9.17) is 0 Å². The van der Waals surface area contributed by atoms with Crippen LogP contribution in [0.2, 0.25) is 0 Å². The van der Waals surface area contributed by atoms with E-state index in [0.717, 1.165) is 28.9 Å². The molecule has 1 aromatic heterocycles. The van der Waals surface area contributed by atoms with Crippen molar-refractivity contribution in [2.75, 3.05) is 20.1 Å². The van der Waals surface area contributed by atoms with E-state index in [-0.39, 0.29) is 29.6 Å². The van der Waals surface area contributed by atoms with E-state index in [9.17, 15) is 14.4 Å². The van der Waals surface area contributed by atoms with Crippen LogP contribution in [0, 0.1) is 11.8 Å². The molecule has 3 amide bonds. The monoisotopic (exact) mass is 508 g/mol. The third-order valence-electron chi connectivity index (χ3n) is 7.45. The molecule has 1 saturated heterocycles. The summed E-state index contributed by atoms with van der Waals surface area (Å²) in [6.45, 7) is 5.00. The Hall–Kier alpha value is -4.26. The number of fused-ring (bicyclic) bond motifs is 1. The first-order chi connectivity index (χ1) is 18.4. The van der Waals surface area contributed by atoms with Crippen LogP contribution in [0.1, 0.15) is 35.5 Å². The van der Waals surface area contributed by atoms with Gasteiger partial charge >= 0.3 is 0 Å². The molecule has 0 bridgehead atoms. The number of hydrogen-bond donors (Lipinski definition) is 0. The average molecular weight is 509 g/mol. The Balaban J connectivity index is 1.38. The highest BCUT2D eigenvalue weighted by molar-refractivity contribution is 6.07. The lowest BCUT2D eigenvalue weighted by atomic mass is 9.91. The minimum Gasteiger partial charge on any atom is -0.341 e. The molecule has 2 atom stereocenters. The molecule has 38 heavy (non-hydrogen) atoms. The summed E-state index contributed by atoms with van der Waals surface area (Å²) in [5.41, 5.74) is 5.28. The lowest BCUT2D eigenvalue weighted by Gasteiger charge is -2.14. The van der Waals surface area contributed by atoms with Gasteiger partial charge in [0.15, 0.2) is 5.69 Å². The molecule has 1 aliphatic carbocycles. The van der Waals surface area contributed by atoms with Crippen LogP contribution >= 0.6 is 0 Å². The molecule has 3 aromatic rings. The molecule has 0 spiro atoms. The quantitative estimate of drug-likeness (QED) is 0.421. The molecule has 2 aliphatic rings. The number of nitrogens with zero attached hydrogens (tertiary/aromatic N) is 4. The lowest BCUT2D eigenvalue weighted by Crippen LogP contribution is -2.32. The Morgan fingerprint density at radius 3 is 2.08 bits per heavy atom. The van der Waals surface area contributed by atoms with Crippen molar-refractivity contribution >= 4 is 17.7 Å². The van der Waals surface area contributed by atoms with Gasteiger partial charge in [0.05, 0.1) is 23.2 Å². The Labute approximate surface area is 223 Å². The fourth-order valence-electron chi connectivity index (χ4n) is 4.95. The van der Waals surface area contributed by atoms with Gasteiger partial charge in [0.2, 0.25) is 11.8 Å². The number of amides is 3. The zero-order chi connectivity index (χ0) is 26.8. The Morgan fingerprint density at radius 2 is 1.50 bits per heavy atom. The Kier molecular flexibility index (Phi) is 7.09. The molecule has 0 saturated carbocycles. The fraction of sp³-hybridized carbons (Fsp3) is 0.290. The van der Waals surface area contributed by atoms with Gasteiger partial charge in [-0.15, -0.1) is 0 Å². The summed E-state index contributed by atoms with van der Waals surface area (Å²) in [4.78, 5) is 41.4. The smallest absolute Gasteiger partial charge is 0.274 e. The zero-order valence-electron chi connectivity index (χ0n) is 22.0. The average Bonchev–Trinajstić information content (AvgIpc) is 3.51. The van der Waals surface area contributed by atoms with E-state index in [0.29, 0.717) is 25.2 Å². The largest absolute Gasteiger partial charge is 0.341 e. The first-order valence-electron chi connectivity index (χ1n) is 13.2. The molecule has 2 aromatic carbocycles. The minimum atomic E-state index is -0.370. The summed E-state index contributed by atoms with van der Waals surface area (Å²) < 4.78 is 1.82. The normalized spacial score (nSPS) is 18.2. The predicted molar refractivity (Wildman–Crippen MR) is 147 cm³/mol. The van der Waals surface area contributed by atoms with Crippen LogP contribution in [0.25, 0.3) is 16.9 Å². The highest BCUT2D eigenvalue weighted by Crippen LogP contribution is 2.31. The second kappa shape index (κ2) is 10.6. The molecule has 0 N–H and O–H groups in total. The highest BCUT2D eigenvalue weighted by Gasteiger charge is 2.45. The number of likely N-dealkylation sites (tertiary alicyclic amines) is 1. The summed E-state index contributed by atoms with van der Waals surface area (Å²) in [6, 6.07) is 18.0. The molecule has 0 radical (unpaired) electrons. The van der Waals surface area contributed by atoms with Crippen molar-refractivity contribution < 1.29 is 14.4 Å². The van der Waals surface area contributed by atoms with E-state index in [1.165, 1.54) is 10.5 Å². The molecular formula is C31H32N4O3. The number of aryl methyl sites for hydroxylation is 1. The summed E-state index contributed by atoms with van der Waals surface area (Å²) in [6.07, 6.45) is 8.81. The molecule has 2 heterocycles. The Morgan fingerprint density at radius 1 is 0.895 bits per heavy atom. The van der Waals surface area contributed by atoms with E-state index in [1.54, 1.807) is 11.9 Å². The number of carbonyl (C=O) groups excluding carboxylic acids is 3. The topological polar surface area (TPSA) is 75.5 Å². The van der Waals surface area contributed by atoms with Crippen molar-refractivity contribution in [3.05, 3.63) is 95.7 Å². The van der Waals surface area contributed by atoms with Crippen molar-refractivity contribution in [1.82, 2.24) is 19.6 Å². The molecular weight excluding hydrogens is 476 g/mol. The van der Waals surface area contributed by atoms with Gasteiger partial charge in [0, 0.05) is 25.7 Å². The maximum atomic E-state index is 12.9. The van der Waals surface area contributed by atoms with Gasteiger partial charge < -0.3 is 4.90 Å². The fourth-order valence-corrected chi connectivity index (χ4v) is 4.95. The third-order valence-corrected chi connectivity index (χ3v) is 7.45. The highest BCUT2D eigenvalue weighted by atomic mass is 16.2. The van der Waals surface area contributed by atoms with Crippen molar-refractivity contribution in [2.45, 2.75) is 26.7 Å². The zero-order valence-corrected chi connectivity index (χ0v) is 22.0. The summed E-state index contributed by atoms with van der Waals surface area (Å²) >= 11 is 0. The number of carbonyl (C=O) groups is 3. The number of allylic oxidation sites excluding steroid dienone is 2. The molecule has 7 heteroatoms. The number of imide groups is 1. The van der Waals surface area contributed by atoms with Crippen LogP contribution in [0.5, 0.6) is 0 Å². The predicted octanol–water partition coefficient (Wildman–Crippen LogP) is 4.46. The standard InChI is InChI=1S/C31H32N4O3/c1-4-21-12-16-24(17-13-21)35-28(20-27(32-35)31(38)33(3)5-2)23-14-10-22(11-15-23)18-19-34-29(36)25-8-6-7-9-26(25)30(34)37/h6-17,20,25-26H,4-5,18-19H2,1-3H3. The maximum Gasteiger partial charge on any atom is 0.274 e. The first kappa shape index (κ1) is 25.4. The number of hydrogen-bond acceptors (Lipinski definition) is 4. The molecule has 194 valence electrons. The van der Waals surface area contributed by atoms with E-state index < -0.39 is 0 Å².